The summed E-state index contributed by atoms with van der Waals surface area (Å²) in [7, 11) is 1.86. The Morgan fingerprint density at radius 1 is 1.07 bits per heavy atom. The zero-order valence-corrected chi connectivity index (χ0v) is 16.4. The molecule has 0 aliphatic carbocycles. The number of nitrogens with one attached hydrogen (secondary N) is 1. The molecular weight excluding hydrogens is 369 g/mol. The lowest BCUT2D eigenvalue weighted by Crippen LogP contribution is -2.36. The van der Waals surface area contributed by atoms with Gasteiger partial charge in [-0.2, -0.15) is 0 Å². The third-order valence-electron chi connectivity index (χ3n) is 5.05. The van der Waals surface area contributed by atoms with Gasteiger partial charge in [-0.25, -0.2) is 14.4 Å². The highest BCUT2D eigenvalue weighted by atomic mass is 19.1. The van der Waals surface area contributed by atoms with E-state index >= 15 is 0 Å². The number of benzene rings is 2. The van der Waals surface area contributed by atoms with Gasteiger partial charge in [-0.15, -0.1) is 0 Å². The number of nitrogens with zero attached hydrogens (tertiary/aromatic N) is 4. The first-order valence-electron chi connectivity index (χ1n) is 9.42. The van der Waals surface area contributed by atoms with Crippen molar-refractivity contribution in [3.05, 3.63) is 77.4 Å². The molecule has 6 nitrogen and oxygen atoms in total. The van der Waals surface area contributed by atoms with Gasteiger partial charge in [0.25, 0.3) is 0 Å². The van der Waals surface area contributed by atoms with Crippen molar-refractivity contribution in [2.24, 2.45) is 0 Å². The largest absolute Gasteiger partial charge is 0.366 e. The number of fused-ring (bicyclic) bond motifs is 1. The van der Waals surface area contributed by atoms with Crippen LogP contribution in [0.25, 0.3) is 0 Å². The van der Waals surface area contributed by atoms with Gasteiger partial charge in [0.05, 0.1) is 18.7 Å². The molecule has 4 rings (SSSR count). The fourth-order valence-corrected chi connectivity index (χ4v) is 3.51. The second-order valence-corrected chi connectivity index (χ2v) is 7.13. The fourth-order valence-electron chi connectivity index (χ4n) is 3.51. The molecule has 0 atom stereocenters. The van der Waals surface area contributed by atoms with Crippen LogP contribution in [0.4, 0.5) is 21.7 Å². The van der Waals surface area contributed by atoms with Crippen molar-refractivity contribution < 1.29 is 9.18 Å². The van der Waals surface area contributed by atoms with Crippen molar-refractivity contribution in [1.82, 2.24) is 9.97 Å². The molecule has 0 saturated heterocycles. The second kappa shape index (κ2) is 7.87. The average Bonchev–Trinajstić information content (AvgIpc) is 2.84. The Morgan fingerprint density at radius 2 is 1.83 bits per heavy atom. The molecule has 29 heavy (non-hydrogen) atoms. The number of amides is 1. The number of para-hydroxylation sites is 1. The molecule has 0 bridgehead atoms. The zero-order chi connectivity index (χ0) is 20.4. The highest BCUT2D eigenvalue weighted by Crippen LogP contribution is 2.31. The van der Waals surface area contributed by atoms with Crippen LogP contribution in [0.2, 0.25) is 0 Å². The Labute approximate surface area is 169 Å². The molecule has 2 aromatic carbocycles. The summed E-state index contributed by atoms with van der Waals surface area (Å²) in [6, 6.07) is 14.2. The minimum Gasteiger partial charge on any atom is -0.366 e. The molecule has 1 N–H and O–H groups in total. The van der Waals surface area contributed by atoms with Gasteiger partial charge in [-0.1, -0.05) is 30.3 Å². The molecule has 1 aliphatic rings. The molecule has 2 heterocycles. The molecule has 0 radical (unpaired) electrons. The van der Waals surface area contributed by atoms with Crippen LogP contribution in [0, 0.1) is 12.7 Å². The van der Waals surface area contributed by atoms with Crippen LogP contribution in [-0.4, -0.2) is 29.5 Å². The van der Waals surface area contributed by atoms with Gasteiger partial charge in [0.1, 0.15) is 23.8 Å². The SMILES string of the molecule is Cc1ccccc1N1Cc2c(NCc3ccc(F)cc3)ncnc2N(C)CC1=O. The summed E-state index contributed by atoms with van der Waals surface area (Å²) in [5.41, 5.74) is 3.70. The fraction of sp³-hybridized carbons (Fsp3) is 0.227. The van der Waals surface area contributed by atoms with E-state index in [4.69, 9.17) is 0 Å². The average molecular weight is 391 g/mol. The van der Waals surface area contributed by atoms with E-state index in [1.54, 1.807) is 17.0 Å². The topological polar surface area (TPSA) is 61.4 Å². The third kappa shape index (κ3) is 3.89. The van der Waals surface area contributed by atoms with Crippen LogP contribution in [0.3, 0.4) is 0 Å². The molecule has 148 valence electrons. The van der Waals surface area contributed by atoms with E-state index in [0.717, 1.165) is 28.2 Å². The minimum absolute atomic E-state index is 0.00397. The predicted molar refractivity (Wildman–Crippen MR) is 111 cm³/mol. The summed E-state index contributed by atoms with van der Waals surface area (Å²) in [5, 5.41) is 3.32. The van der Waals surface area contributed by atoms with Crippen molar-refractivity contribution >= 4 is 23.2 Å². The van der Waals surface area contributed by atoms with E-state index in [9.17, 15) is 9.18 Å². The number of anilines is 3. The predicted octanol–water partition coefficient (Wildman–Crippen LogP) is 3.52. The van der Waals surface area contributed by atoms with Crippen LogP contribution < -0.4 is 15.1 Å². The van der Waals surface area contributed by atoms with Crippen molar-refractivity contribution in [3.63, 3.8) is 0 Å². The number of rotatable bonds is 4. The number of aryl methyl sites for hydroxylation is 1. The van der Waals surface area contributed by atoms with Crippen LogP contribution in [0.15, 0.2) is 54.9 Å². The van der Waals surface area contributed by atoms with Gasteiger partial charge in [0.2, 0.25) is 5.91 Å². The maximum Gasteiger partial charge on any atom is 0.246 e. The molecule has 1 amide bonds. The maximum absolute atomic E-state index is 13.2. The smallest absolute Gasteiger partial charge is 0.246 e. The van der Waals surface area contributed by atoms with Gasteiger partial charge in [0, 0.05) is 19.3 Å². The van der Waals surface area contributed by atoms with E-state index in [2.05, 4.69) is 15.3 Å². The highest BCUT2D eigenvalue weighted by molar-refractivity contribution is 5.98. The van der Waals surface area contributed by atoms with Crippen LogP contribution >= 0.6 is 0 Å². The molecule has 0 unspecified atom stereocenters. The number of hydrogen-bond acceptors (Lipinski definition) is 5. The number of likely N-dealkylation sites (N-methyl/N-ethyl adjacent to an activating group) is 1. The zero-order valence-electron chi connectivity index (χ0n) is 16.4. The van der Waals surface area contributed by atoms with Gasteiger partial charge in [-0.05, 0) is 36.2 Å². The summed E-state index contributed by atoms with van der Waals surface area (Å²) in [5.74, 6) is 1.13. The van der Waals surface area contributed by atoms with E-state index in [1.165, 1.54) is 18.5 Å². The Bertz CT molecular complexity index is 1040. The molecule has 0 saturated carbocycles. The second-order valence-electron chi connectivity index (χ2n) is 7.13. The number of hydrogen-bond donors (Lipinski definition) is 1. The van der Waals surface area contributed by atoms with Gasteiger partial charge >= 0.3 is 0 Å². The highest BCUT2D eigenvalue weighted by Gasteiger charge is 2.28. The first kappa shape index (κ1) is 18.9. The molecule has 0 fully saturated rings. The quantitative estimate of drug-likeness (QED) is 0.737. The molecular formula is C22H22FN5O. The molecule has 7 heteroatoms. The first-order valence-corrected chi connectivity index (χ1v) is 9.42. The van der Waals surface area contributed by atoms with Crippen LogP contribution in [0.1, 0.15) is 16.7 Å². The summed E-state index contributed by atoms with van der Waals surface area (Å²) in [4.78, 5) is 25.4. The van der Waals surface area contributed by atoms with Crippen LogP contribution in [0.5, 0.6) is 0 Å². The Hall–Kier alpha value is -3.48. The summed E-state index contributed by atoms with van der Waals surface area (Å²) >= 11 is 0. The van der Waals surface area contributed by atoms with Crippen molar-refractivity contribution in [1.29, 1.82) is 0 Å². The Kier molecular flexibility index (Phi) is 5.12. The normalized spacial score (nSPS) is 13.8. The first-order chi connectivity index (χ1) is 14.0. The summed E-state index contributed by atoms with van der Waals surface area (Å²) < 4.78 is 13.2. The Balaban J connectivity index is 1.67. The number of halogens is 1. The van der Waals surface area contributed by atoms with E-state index < -0.39 is 0 Å². The number of carbonyl (C=O) groups excluding carboxylic acids is 1. The van der Waals surface area contributed by atoms with Crippen LogP contribution in [-0.2, 0) is 17.9 Å². The number of aromatic nitrogens is 2. The van der Waals surface area contributed by atoms with E-state index in [-0.39, 0.29) is 18.3 Å². The lowest BCUT2D eigenvalue weighted by Gasteiger charge is -2.23. The van der Waals surface area contributed by atoms with E-state index in [0.29, 0.717) is 18.9 Å². The summed E-state index contributed by atoms with van der Waals surface area (Å²) in [6.07, 6.45) is 1.50. The van der Waals surface area contributed by atoms with Crippen molar-refractivity contribution in [2.45, 2.75) is 20.0 Å². The molecule has 3 aromatic rings. The standard InChI is InChI=1S/C22H22FN5O/c1-15-5-3-4-6-19(15)28-12-18-21(24-11-16-7-9-17(23)10-8-16)25-14-26-22(18)27(2)13-20(28)29/h3-10,14H,11-13H2,1-2H3,(H,24,25,26). The van der Waals surface area contributed by atoms with Gasteiger partial charge in [-0.3, -0.25) is 4.79 Å². The monoisotopic (exact) mass is 391 g/mol. The number of carbonyl (C=O) groups is 1. The molecule has 0 spiro atoms. The lowest BCUT2D eigenvalue weighted by molar-refractivity contribution is -0.117. The Morgan fingerprint density at radius 3 is 2.59 bits per heavy atom. The van der Waals surface area contributed by atoms with Crippen molar-refractivity contribution in [3.8, 4) is 0 Å². The summed E-state index contributed by atoms with van der Waals surface area (Å²) in [6.45, 7) is 3.09. The van der Waals surface area contributed by atoms with Crippen molar-refractivity contribution in [2.75, 3.05) is 28.7 Å². The minimum atomic E-state index is -0.265. The van der Waals surface area contributed by atoms with Gasteiger partial charge < -0.3 is 15.1 Å². The lowest BCUT2D eigenvalue weighted by atomic mass is 10.1. The molecule has 1 aromatic heterocycles. The third-order valence-corrected chi connectivity index (χ3v) is 5.05. The van der Waals surface area contributed by atoms with E-state index in [1.807, 2.05) is 43.1 Å². The maximum atomic E-state index is 13.2. The van der Waals surface area contributed by atoms with Gasteiger partial charge in [0.15, 0.2) is 0 Å². The molecule has 1 aliphatic heterocycles.